The van der Waals surface area contributed by atoms with Gasteiger partial charge < -0.3 is 19.8 Å². The van der Waals surface area contributed by atoms with Crippen LogP contribution in [0.5, 0.6) is 0 Å². The van der Waals surface area contributed by atoms with E-state index in [4.69, 9.17) is 9.47 Å². The number of fused-ring (bicyclic) bond motifs is 1. The summed E-state index contributed by atoms with van der Waals surface area (Å²) in [6, 6.07) is 15.8. The van der Waals surface area contributed by atoms with Crippen molar-refractivity contribution in [3.05, 3.63) is 107 Å². The number of H-pyrrole nitrogens is 1. The van der Waals surface area contributed by atoms with E-state index in [2.05, 4.69) is 10.3 Å². The Morgan fingerprint density at radius 1 is 0.816 bits per heavy atom. The monoisotopic (exact) mass is 532 g/mol. The number of nitrogens with one attached hydrogen (secondary N) is 2. The van der Waals surface area contributed by atoms with Crippen LogP contribution in [0.15, 0.2) is 60.8 Å². The topological polar surface area (TPSA) is 80.4 Å². The van der Waals surface area contributed by atoms with Crippen molar-refractivity contribution >= 4 is 23.0 Å². The van der Waals surface area contributed by atoms with Crippen molar-refractivity contribution in [2.75, 3.05) is 0 Å². The molecule has 1 heterocycles. The van der Waals surface area contributed by atoms with Crippen LogP contribution in [0.4, 0.5) is 26.7 Å². The molecule has 4 rings (SSSR count). The largest absolute Gasteiger partial charge is 0.459 e. The second-order valence-electron chi connectivity index (χ2n) is 8.68. The maximum Gasteiger partial charge on any atom is 0.408 e. The summed E-state index contributed by atoms with van der Waals surface area (Å²) in [5.41, 5.74) is -1.18. The summed E-state index contributed by atoms with van der Waals surface area (Å²) in [7, 11) is 0. The summed E-state index contributed by atoms with van der Waals surface area (Å²) in [5.74, 6) is -12.1. The van der Waals surface area contributed by atoms with E-state index in [1.165, 1.54) is 6.92 Å². The predicted octanol–water partition coefficient (Wildman–Crippen LogP) is 5.83. The van der Waals surface area contributed by atoms with Crippen LogP contribution in [0.25, 0.3) is 10.9 Å². The molecule has 0 spiro atoms. The highest BCUT2D eigenvalue weighted by Crippen LogP contribution is 2.26. The lowest BCUT2D eigenvalue weighted by Crippen LogP contribution is -2.54. The van der Waals surface area contributed by atoms with Crippen molar-refractivity contribution in [3.63, 3.8) is 0 Å². The van der Waals surface area contributed by atoms with Gasteiger partial charge in [0.1, 0.15) is 18.8 Å². The number of aromatic nitrogens is 1. The highest BCUT2D eigenvalue weighted by molar-refractivity contribution is 5.88. The molecule has 2 N–H and O–H groups in total. The second-order valence-corrected chi connectivity index (χ2v) is 8.68. The second kappa shape index (κ2) is 10.9. The number of alkyl carbamates (subject to hydrolysis) is 1. The molecule has 0 saturated heterocycles. The Hall–Kier alpha value is -4.41. The lowest BCUT2D eigenvalue weighted by atomic mass is 9.92. The average Bonchev–Trinajstić information content (AvgIpc) is 3.32. The number of hydrogen-bond acceptors (Lipinski definition) is 4. The number of hydrogen-bond donors (Lipinski definition) is 2. The maximum absolute atomic E-state index is 14.1. The molecule has 0 aliphatic rings. The zero-order valence-corrected chi connectivity index (χ0v) is 19.9. The van der Waals surface area contributed by atoms with Crippen LogP contribution in [0.2, 0.25) is 0 Å². The number of carbonyl (C=O) groups excluding carboxylic acids is 2. The van der Waals surface area contributed by atoms with Crippen LogP contribution >= 0.6 is 0 Å². The van der Waals surface area contributed by atoms with E-state index in [1.54, 1.807) is 60.8 Å². The Morgan fingerprint density at radius 2 is 1.42 bits per heavy atom. The summed E-state index contributed by atoms with van der Waals surface area (Å²) >= 11 is 0. The van der Waals surface area contributed by atoms with Crippen molar-refractivity contribution in [2.24, 2.45) is 0 Å². The first-order valence-electron chi connectivity index (χ1n) is 11.3. The number of benzene rings is 3. The minimum atomic E-state index is -2.33. The molecule has 11 heteroatoms. The quantitative estimate of drug-likeness (QED) is 0.129. The summed E-state index contributed by atoms with van der Waals surface area (Å²) in [6.07, 6.45) is 0.453. The lowest BCUT2D eigenvalue weighted by molar-refractivity contribution is -0.152. The molecular weight excluding hydrogens is 511 g/mol. The van der Waals surface area contributed by atoms with Crippen molar-refractivity contribution in [1.82, 2.24) is 10.3 Å². The van der Waals surface area contributed by atoms with Crippen molar-refractivity contribution in [1.29, 1.82) is 0 Å². The van der Waals surface area contributed by atoms with Gasteiger partial charge in [-0.25, -0.2) is 31.5 Å². The Bertz CT molecular complexity index is 1460. The van der Waals surface area contributed by atoms with E-state index in [0.717, 1.165) is 10.9 Å². The first-order valence-corrected chi connectivity index (χ1v) is 11.3. The molecule has 0 aliphatic heterocycles. The summed E-state index contributed by atoms with van der Waals surface area (Å²) < 4.78 is 78.9. The zero-order valence-electron chi connectivity index (χ0n) is 19.9. The third kappa shape index (κ3) is 5.46. The minimum absolute atomic E-state index is 0.116. The van der Waals surface area contributed by atoms with Gasteiger partial charge in [-0.3, -0.25) is 0 Å². The van der Waals surface area contributed by atoms with Crippen molar-refractivity contribution in [2.45, 2.75) is 32.1 Å². The molecule has 0 fully saturated rings. The van der Waals surface area contributed by atoms with E-state index in [9.17, 15) is 31.5 Å². The van der Waals surface area contributed by atoms with Crippen molar-refractivity contribution < 1.29 is 41.0 Å². The summed E-state index contributed by atoms with van der Waals surface area (Å²) in [6.45, 7) is -0.0935. The summed E-state index contributed by atoms with van der Waals surface area (Å²) in [5, 5.41) is 3.15. The molecule has 1 amide bonds. The smallest absolute Gasteiger partial charge is 0.408 e. The number of rotatable bonds is 8. The van der Waals surface area contributed by atoms with Crippen LogP contribution in [-0.2, 0) is 33.9 Å². The van der Waals surface area contributed by atoms with E-state index in [1.807, 2.05) is 0 Å². The summed E-state index contributed by atoms with van der Waals surface area (Å²) in [4.78, 5) is 28.8. The van der Waals surface area contributed by atoms with Gasteiger partial charge in [-0.1, -0.05) is 48.5 Å². The number of aromatic amines is 1. The molecule has 198 valence electrons. The van der Waals surface area contributed by atoms with Gasteiger partial charge in [-0.15, -0.1) is 0 Å². The number of amides is 1. The maximum atomic E-state index is 14.1. The Morgan fingerprint density at radius 3 is 2.11 bits per heavy atom. The van der Waals surface area contributed by atoms with Gasteiger partial charge in [-0.05, 0) is 24.1 Å². The molecule has 3 aromatic carbocycles. The first kappa shape index (κ1) is 26.6. The SMILES string of the molecule is C[C@](Cc1c[nH]c2ccccc12)(NC(=O)OCc1ccccc1)C(=O)OCc1c(F)c(F)c(F)c(F)c1F. The van der Waals surface area contributed by atoms with Gasteiger partial charge in [-0.2, -0.15) is 0 Å². The highest BCUT2D eigenvalue weighted by atomic mass is 19.2. The van der Waals surface area contributed by atoms with Crippen LogP contribution < -0.4 is 5.32 Å². The number of para-hydroxylation sites is 1. The number of carbonyl (C=O) groups is 2. The molecule has 0 aliphatic carbocycles. The van der Waals surface area contributed by atoms with E-state index in [-0.39, 0.29) is 13.0 Å². The molecule has 1 aromatic heterocycles. The molecule has 0 bridgehead atoms. The molecule has 1 atom stereocenters. The Balaban J connectivity index is 1.57. The number of halogens is 5. The fraction of sp³-hybridized carbons (Fsp3) is 0.185. The van der Waals surface area contributed by atoms with Gasteiger partial charge in [0.25, 0.3) is 0 Å². The highest BCUT2D eigenvalue weighted by Gasteiger charge is 2.39. The predicted molar refractivity (Wildman–Crippen MR) is 126 cm³/mol. The molecular formula is C27H21F5N2O4. The molecule has 4 aromatic rings. The Labute approximate surface area is 213 Å². The van der Waals surface area contributed by atoms with Gasteiger partial charge in [0.2, 0.25) is 5.82 Å². The van der Waals surface area contributed by atoms with Crippen LogP contribution in [-0.4, -0.2) is 22.6 Å². The van der Waals surface area contributed by atoms with E-state index >= 15 is 0 Å². The van der Waals surface area contributed by atoms with Crippen LogP contribution in [0.1, 0.15) is 23.6 Å². The standard InChI is InChI=1S/C27H21F5N2O4/c1-27(11-16-12-33-19-10-6-5-9-17(16)19,34-26(36)38-13-15-7-3-2-4-8-15)25(35)37-14-18-20(28)22(30)24(32)23(31)21(18)29/h2-10,12,33H,11,13-14H2,1H3,(H,34,36)/t27-/m1/s1. The molecule has 38 heavy (non-hydrogen) atoms. The third-order valence-corrected chi connectivity index (χ3v) is 5.91. The molecule has 0 saturated carbocycles. The molecule has 6 nitrogen and oxygen atoms in total. The van der Waals surface area contributed by atoms with Gasteiger partial charge in [0, 0.05) is 23.5 Å². The molecule has 0 radical (unpaired) electrons. The minimum Gasteiger partial charge on any atom is -0.459 e. The van der Waals surface area contributed by atoms with Crippen molar-refractivity contribution in [3.8, 4) is 0 Å². The zero-order chi connectivity index (χ0) is 27.4. The van der Waals surface area contributed by atoms with E-state index in [0.29, 0.717) is 11.1 Å². The van der Waals surface area contributed by atoms with Crippen LogP contribution in [0.3, 0.4) is 0 Å². The fourth-order valence-electron chi connectivity index (χ4n) is 3.88. The average molecular weight is 532 g/mol. The third-order valence-electron chi connectivity index (χ3n) is 5.91. The Kier molecular flexibility index (Phi) is 7.65. The van der Waals surface area contributed by atoms with Gasteiger partial charge in [0.15, 0.2) is 23.3 Å². The molecule has 0 unspecified atom stereocenters. The van der Waals surface area contributed by atoms with Gasteiger partial charge in [0.05, 0.1) is 5.56 Å². The van der Waals surface area contributed by atoms with E-state index < -0.39 is 58.9 Å². The number of ether oxygens (including phenoxy) is 2. The normalized spacial score (nSPS) is 12.7. The first-order chi connectivity index (χ1) is 18.1. The fourth-order valence-corrected chi connectivity index (χ4v) is 3.88. The van der Waals surface area contributed by atoms with Crippen LogP contribution in [0, 0.1) is 29.1 Å². The number of esters is 1. The lowest BCUT2D eigenvalue weighted by Gasteiger charge is -2.28. The van der Waals surface area contributed by atoms with Gasteiger partial charge >= 0.3 is 12.1 Å².